The van der Waals surface area contributed by atoms with Gasteiger partial charge in [0.15, 0.2) is 0 Å². The molecule has 94 valence electrons. The molecule has 4 nitrogen and oxygen atoms in total. The molecule has 0 saturated heterocycles. The topological polar surface area (TPSA) is 63.6 Å². The minimum absolute atomic E-state index is 0.00843. The molecule has 4 heteroatoms. The van der Waals surface area contributed by atoms with Gasteiger partial charge in [-0.2, -0.15) is 0 Å². The van der Waals surface area contributed by atoms with Crippen molar-refractivity contribution in [2.45, 2.75) is 20.3 Å². The Hall–Kier alpha value is -1.32. The summed E-state index contributed by atoms with van der Waals surface area (Å²) in [5.41, 5.74) is 0. The van der Waals surface area contributed by atoms with Crippen molar-refractivity contribution in [2.75, 3.05) is 6.61 Å². The lowest BCUT2D eigenvalue weighted by Gasteiger charge is -2.23. The van der Waals surface area contributed by atoms with E-state index < -0.39 is 17.8 Å². The van der Waals surface area contributed by atoms with Crippen LogP contribution in [-0.2, 0) is 14.3 Å². The van der Waals surface area contributed by atoms with Crippen LogP contribution in [0.3, 0.4) is 0 Å². The molecule has 0 aromatic rings. The van der Waals surface area contributed by atoms with Crippen LogP contribution in [-0.4, -0.2) is 23.7 Å². The number of fused-ring (bicyclic) bond motifs is 2. The first-order chi connectivity index (χ1) is 8.00. The van der Waals surface area contributed by atoms with Crippen LogP contribution >= 0.6 is 0 Å². The summed E-state index contributed by atoms with van der Waals surface area (Å²) < 4.78 is 5.18. The van der Waals surface area contributed by atoms with Gasteiger partial charge in [0.05, 0.1) is 18.4 Å². The highest BCUT2D eigenvalue weighted by atomic mass is 16.5. The summed E-state index contributed by atoms with van der Waals surface area (Å²) in [6.07, 6.45) is 4.67. The summed E-state index contributed by atoms with van der Waals surface area (Å²) in [6, 6.07) is 0. The molecule has 0 spiro atoms. The molecule has 2 aliphatic carbocycles. The van der Waals surface area contributed by atoms with Crippen molar-refractivity contribution in [2.24, 2.45) is 29.6 Å². The number of carbonyl (C=O) groups is 2. The molecule has 2 bridgehead atoms. The van der Waals surface area contributed by atoms with Crippen molar-refractivity contribution in [3.8, 4) is 0 Å². The third kappa shape index (κ3) is 2.21. The lowest BCUT2D eigenvalue weighted by atomic mass is 9.83. The average molecular weight is 238 g/mol. The number of carboxylic acids is 1. The quantitative estimate of drug-likeness (QED) is 0.598. The third-order valence-corrected chi connectivity index (χ3v) is 3.58. The molecular formula is C13H18O4. The fourth-order valence-electron chi connectivity index (χ4n) is 2.83. The molecule has 4 unspecified atom stereocenters. The fraction of sp³-hybridized carbons (Fsp3) is 0.692. The Balaban J connectivity index is 2.06. The highest BCUT2D eigenvalue weighted by molar-refractivity contribution is 5.83. The van der Waals surface area contributed by atoms with Gasteiger partial charge in [-0.3, -0.25) is 9.59 Å². The van der Waals surface area contributed by atoms with Gasteiger partial charge in [-0.05, 0) is 24.2 Å². The Bertz CT molecular complexity index is 358. The second kappa shape index (κ2) is 4.51. The molecule has 2 rings (SSSR count). The Morgan fingerprint density at radius 2 is 1.88 bits per heavy atom. The molecule has 17 heavy (non-hydrogen) atoms. The van der Waals surface area contributed by atoms with Gasteiger partial charge in [0, 0.05) is 0 Å². The zero-order valence-corrected chi connectivity index (χ0v) is 10.1. The van der Waals surface area contributed by atoms with E-state index in [0.29, 0.717) is 6.61 Å². The Kier molecular flexibility index (Phi) is 3.22. The summed E-state index contributed by atoms with van der Waals surface area (Å²) in [6.45, 7) is 4.29. The van der Waals surface area contributed by atoms with Crippen LogP contribution < -0.4 is 0 Å². The number of carbonyl (C=O) groups excluding carboxylic acids is 1. The first-order valence-electron chi connectivity index (χ1n) is 6.08. The predicted molar refractivity (Wildman–Crippen MR) is 61.1 cm³/mol. The summed E-state index contributed by atoms with van der Waals surface area (Å²) in [5.74, 6) is -1.96. The molecule has 1 fully saturated rings. The monoisotopic (exact) mass is 238 g/mol. The molecule has 2 aliphatic rings. The Labute approximate surface area is 101 Å². The van der Waals surface area contributed by atoms with Crippen LogP contribution in [0.5, 0.6) is 0 Å². The van der Waals surface area contributed by atoms with Crippen molar-refractivity contribution in [1.82, 2.24) is 0 Å². The van der Waals surface area contributed by atoms with Crippen LogP contribution in [0, 0.1) is 29.6 Å². The summed E-state index contributed by atoms with van der Waals surface area (Å²) in [4.78, 5) is 23.1. The van der Waals surface area contributed by atoms with E-state index in [9.17, 15) is 14.7 Å². The minimum atomic E-state index is -0.881. The van der Waals surface area contributed by atoms with Crippen LogP contribution in [0.2, 0.25) is 0 Å². The van der Waals surface area contributed by atoms with Crippen LogP contribution in [0.15, 0.2) is 12.2 Å². The Morgan fingerprint density at radius 3 is 2.41 bits per heavy atom. The molecule has 1 saturated carbocycles. The van der Waals surface area contributed by atoms with Gasteiger partial charge in [-0.1, -0.05) is 26.0 Å². The van der Waals surface area contributed by atoms with Crippen molar-refractivity contribution in [1.29, 1.82) is 0 Å². The van der Waals surface area contributed by atoms with Crippen molar-refractivity contribution in [3.63, 3.8) is 0 Å². The van der Waals surface area contributed by atoms with E-state index in [-0.39, 0.29) is 23.7 Å². The molecular weight excluding hydrogens is 220 g/mol. The van der Waals surface area contributed by atoms with E-state index in [4.69, 9.17) is 4.74 Å². The highest BCUT2D eigenvalue weighted by Crippen LogP contribution is 2.48. The maximum absolute atomic E-state index is 11.9. The van der Waals surface area contributed by atoms with Gasteiger partial charge in [-0.15, -0.1) is 0 Å². The fourth-order valence-corrected chi connectivity index (χ4v) is 2.83. The van der Waals surface area contributed by atoms with Crippen molar-refractivity contribution < 1.29 is 19.4 Å². The van der Waals surface area contributed by atoms with E-state index in [1.165, 1.54) is 0 Å². The van der Waals surface area contributed by atoms with Crippen LogP contribution in [0.25, 0.3) is 0 Å². The molecule has 0 aromatic heterocycles. The standard InChI is InChI=1S/C13H18O4/c1-7(2)6-17-13(16)11-9-4-3-8(5-9)10(11)12(14)15/h3-4,7-11H,5-6H2,1-2H3,(H,14,15). The lowest BCUT2D eigenvalue weighted by Crippen LogP contribution is -2.34. The number of rotatable bonds is 4. The van der Waals surface area contributed by atoms with Gasteiger partial charge in [0.25, 0.3) is 0 Å². The SMILES string of the molecule is CC(C)COC(=O)C1C2C=CC(C2)C1C(=O)O. The zero-order valence-electron chi connectivity index (χ0n) is 10.1. The van der Waals surface area contributed by atoms with Crippen molar-refractivity contribution in [3.05, 3.63) is 12.2 Å². The number of aliphatic carboxylic acids is 1. The number of allylic oxidation sites excluding steroid dienone is 2. The number of ether oxygens (including phenoxy) is 1. The predicted octanol–water partition coefficient (Wildman–Crippen LogP) is 1.71. The molecule has 0 amide bonds. The van der Waals surface area contributed by atoms with E-state index in [2.05, 4.69) is 0 Å². The van der Waals surface area contributed by atoms with E-state index in [0.717, 1.165) is 6.42 Å². The minimum Gasteiger partial charge on any atom is -0.481 e. The second-order valence-electron chi connectivity index (χ2n) is 5.36. The zero-order chi connectivity index (χ0) is 12.6. The van der Waals surface area contributed by atoms with Crippen LogP contribution in [0.1, 0.15) is 20.3 Å². The number of carboxylic acid groups (broad SMARTS) is 1. The smallest absolute Gasteiger partial charge is 0.310 e. The maximum Gasteiger partial charge on any atom is 0.310 e. The van der Waals surface area contributed by atoms with Crippen molar-refractivity contribution >= 4 is 11.9 Å². The summed E-state index contributed by atoms with van der Waals surface area (Å²) in [5, 5.41) is 9.19. The summed E-state index contributed by atoms with van der Waals surface area (Å²) >= 11 is 0. The normalized spacial score (nSPS) is 34.3. The first-order valence-corrected chi connectivity index (χ1v) is 6.08. The second-order valence-corrected chi connectivity index (χ2v) is 5.36. The van der Waals surface area contributed by atoms with Gasteiger partial charge in [-0.25, -0.2) is 0 Å². The van der Waals surface area contributed by atoms with E-state index in [1.54, 1.807) is 0 Å². The lowest BCUT2D eigenvalue weighted by molar-refractivity contribution is -0.159. The van der Waals surface area contributed by atoms with Crippen LogP contribution in [0.4, 0.5) is 0 Å². The summed E-state index contributed by atoms with van der Waals surface area (Å²) in [7, 11) is 0. The Morgan fingerprint density at radius 1 is 1.29 bits per heavy atom. The highest BCUT2D eigenvalue weighted by Gasteiger charge is 2.52. The average Bonchev–Trinajstić information content (AvgIpc) is 2.84. The number of hydrogen-bond acceptors (Lipinski definition) is 3. The molecule has 0 heterocycles. The van der Waals surface area contributed by atoms with Gasteiger partial charge in [0.2, 0.25) is 0 Å². The van der Waals surface area contributed by atoms with Gasteiger partial charge < -0.3 is 9.84 Å². The molecule has 0 radical (unpaired) electrons. The van der Waals surface area contributed by atoms with E-state index in [1.807, 2.05) is 26.0 Å². The number of esters is 1. The molecule has 4 atom stereocenters. The molecule has 0 aromatic carbocycles. The number of hydrogen-bond donors (Lipinski definition) is 1. The molecule has 1 N–H and O–H groups in total. The van der Waals surface area contributed by atoms with E-state index >= 15 is 0 Å². The van der Waals surface area contributed by atoms with Gasteiger partial charge in [0.1, 0.15) is 0 Å². The van der Waals surface area contributed by atoms with Gasteiger partial charge >= 0.3 is 11.9 Å². The third-order valence-electron chi connectivity index (χ3n) is 3.58. The molecule has 0 aliphatic heterocycles. The first kappa shape index (κ1) is 12.1. The largest absolute Gasteiger partial charge is 0.481 e. The maximum atomic E-state index is 11.9.